The first-order chi connectivity index (χ1) is 12.6. The van der Waals surface area contributed by atoms with E-state index in [4.69, 9.17) is 4.74 Å². The van der Waals surface area contributed by atoms with E-state index >= 15 is 0 Å². The number of imidazole rings is 1. The molecular weight excluding hydrogens is 392 g/mol. The molecule has 0 fully saturated rings. The van der Waals surface area contributed by atoms with Crippen LogP contribution in [0.5, 0.6) is 0 Å². The number of anilines is 1. The molecule has 0 unspecified atom stereocenters. The van der Waals surface area contributed by atoms with Crippen LogP contribution < -0.4 is 4.72 Å². The van der Waals surface area contributed by atoms with Crippen molar-refractivity contribution >= 4 is 31.5 Å². The second-order valence-electron chi connectivity index (χ2n) is 5.73. The molecule has 0 saturated heterocycles. The fourth-order valence-corrected chi connectivity index (χ4v) is 3.56. The molecule has 2 rings (SSSR count). The second-order valence-corrected chi connectivity index (χ2v) is 9.79. The van der Waals surface area contributed by atoms with E-state index in [2.05, 4.69) is 9.71 Å². The van der Waals surface area contributed by atoms with Crippen LogP contribution in [0, 0.1) is 0 Å². The highest BCUT2D eigenvalue weighted by Crippen LogP contribution is 2.25. The van der Waals surface area contributed by atoms with Gasteiger partial charge in [0.1, 0.15) is 6.33 Å². The zero-order valence-electron chi connectivity index (χ0n) is 15.4. The van der Waals surface area contributed by atoms with Crippen molar-refractivity contribution in [3.8, 4) is 0 Å². The highest BCUT2D eigenvalue weighted by atomic mass is 32.2. The molecule has 27 heavy (non-hydrogen) atoms. The average Bonchev–Trinajstić information content (AvgIpc) is 3.10. The van der Waals surface area contributed by atoms with Gasteiger partial charge in [-0.25, -0.2) is 17.4 Å². The van der Waals surface area contributed by atoms with Gasteiger partial charge in [0.15, 0.2) is 0 Å². The quantitative estimate of drug-likeness (QED) is 0.653. The van der Waals surface area contributed by atoms with Gasteiger partial charge in [-0.05, 0) is 24.6 Å². The van der Waals surface area contributed by atoms with Crippen LogP contribution in [0.1, 0.15) is 18.2 Å². The fraction of sp³-hybridized carbons (Fsp3) is 0.312. The number of hydrogen-bond donors (Lipinski definition) is 1. The molecule has 1 heterocycles. The number of ether oxygens (including phenoxy) is 1. The minimum Gasteiger partial charge on any atom is -0.504 e. The van der Waals surface area contributed by atoms with Crippen LogP contribution in [0.2, 0.25) is 0 Å². The predicted molar refractivity (Wildman–Crippen MR) is 104 cm³/mol. The zero-order valence-corrected chi connectivity index (χ0v) is 17.1. The van der Waals surface area contributed by atoms with E-state index in [1.165, 1.54) is 40.0 Å². The molecule has 0 radical (unpaired) electrons. The third-order valence-corrected chi connectivity index (χ3v) is 6.59. The van der Waals surface area contributed by atoms with Crippen molar-refractivity contribution in [3.63, 3.8) is 0 Å². The topological polar surface area (TPSA) is 111 Å². The lowest BCUT2D eigenvalue weighted by molar-refractivity contribution is 0.340. The molecule has 0 aliphatic carbocycles. The van der Waals surface area contributed by atoms with Crippen molar-refractivity contribution in [2.24, 2.45) is 0 Å². The molecule has 0 aliphatic heterocycles. The molecule has 9 nitrogen and oxygen atoms in total. The Kier molecular flexibility index (Phi) is 6.29. The first kappa shape index (κ1) is 20.9. The SMILES string of the molecule is CCS(=O)(=O)Nc1cccc(/C(=C/OC)c2cn(S(=O)(=O)N(C)C)cn2)c1. The summed E-state index contributed by atoms with van der Waals surface area (Å²) >= 11 is 0. The van der Waals surface area contributed by atoms with Gasteiger partial charge in [0.25, 0.3) is 0 Å². The van der Waals surface area contributed by atoms with E-state index in [9.17, 15) is 16.8 Å². The van der Waals surface area contributed by atoms with Crippen LogP contribution in [0.3, 0.4) is 0 Å². The van der Waals surface area contributed by atoms with E-state index < -0.39 is 20.2 Å². The Morgan fingerprint density at radius 2 is 2.00 bits per heavy atom. The normalized spacial score (nSPS) is 13.0. The molecule has 148 valence electrons. The number of aromatic nitrogens is 2. The third kappa shape index (κ3) is 4.87. The molecule has 11 heteroatoms. The maximum Gasteiger partial charge on any atom is 0.308 e. The van der Waals surface area contributed by atoms with E-state index in [1.54, 1.807) is 31.2 Å². The van der Waals surface area contributed by atoms with Crippen molar-refractivity contribution in [1.82, 2.24) is 13.3 Å². The van der Waals surface area contributed by atoms with E-state index in [1.807, 2.05) is 0 Å². The fourth-order valence-electron chi connectivity index (χ4n) is 2.16. The van der Waals surface area contributed by atoms with Crippen LogP contribution in [0.25, 0.3) is 5.57 Å². The van der Waals surface area contributed by atoms with Gasteiger partial charge in [-0.3, -0.25) is 4.72 Å². The number of nitrogens with zero attached hydrogens (tertiary/aromatic N) is 3. The molecule has 0 amide bonds. The van der Waals surface area contributed by atoms with E-state index in [0.29, 0.717) is 22.5 Å². The molecule has 1 aromatic heterocycles. The molecule has 0 atom stereocenters. The van der Waals surface area contributed by atoms with Gasteiger partial charge < -0.3 is 4.74 Å². The second kappa shape index (κ2) is 8.11. The summed E-state index contributed by atoms with van der Waals surface area (Å²) in [6, 6.07) is 6.67. The summed E-state index contributed by atoms with van der Waals surface area (Å²) < 4.78 is 57.7. The maximum absolute atomic E-state index is 12.2. The molecule has 0 aliphatic rings. The Bertz CT molecular complexity index is 1040. The zero-order chi connectivity index (χ0) is 20.2. The average molecular weight is 415 g/mol. The van der Waals surface area contributed by atoms with Crippen LogP contribution in [0.15, 0.2) is 43.1 Å². The minimum atomic E-state index is -3.69. The molecular formula is C16H22N4O5S2. The lowest BCUT2D eigenvalue weighted by Gasteiger charge is -2.11. The Labute approximate surface area is 159 Å². The van der Waals surface area contributed by atoms with Crippen molar-refractivity contribution in [3.05, 3.63) is 54.3 Å². The lowest BCUT2D eigenvalue weighted by atomic mass is 10.0. The summed E-state index contributed by atoms with van der Waals surface area (Å²) in [4.78, 5) is 4.15. The Hall–Kier alpha value is -2.37. The molecule has 1 aromatic carbocycles. The number of rotatable bonds is 8. The van der Waals surface area contributed by atoms with Gasteiger partial charge >= 0.3 is 10.2 Å². The predicted octanol–water partition coefficient (Wildman–Crippen LogP) is 1.33. The number of methoxy groups -OCH3 is 1. The molecule has 1 N–H and O–H groups in total. The summed E-state index contributed by atoms with van der Waals surface area (Å²) in [6.07, 6.45) is 3.98. The van der Waals surface area contributed by atoms with Gasteiger partial charge in [-0.2, -0.15) is 12.7 Å². The van der Waals surface area contributed by atoms with Gasteiger partial charge in [0.2, 0.25) is 10.0 Å². The third-order valence-electron chi connectivity index (χ3n) is 3.63. The number of sulfonamides is 1. The summed E-state index contributed by atoms with van der Waals surface area (Å²) in [7, 11) is -2.82. The molecule has 0 bridgehead atoms. The van der Waals surface area contributed by atoms with Gasteiger partial charge in [0, 0.05) is 31.6 Å². The van der Waals surface area contributed by atoms with Crippen molar-refractivity contribution < 1.29 is 21.6 Å². The molecule has 0 spiro atoms. The van der Waals surface area contributed by atoms with Crippen LogP contribution in [-0.4, -0.2) is 57.1 Å². The number of hydrogen-bond acceptors (Lipinski definition) is 6. The molecule has 0 saturated carbocycles. The highest BCUT2D eigenvalue weighted by molar-refractivity contribution is 7.92. The van der Waals surface area contributed by atoms with Crippen LogP contribution in [-0.2, 0) is 25.0 Å². The monoisotopic (exact) mass is 414 g/mol. The Morgan fingerprint density at radius 3 is 2.59 bits per heavy atom. The van der Waals surface area contributed by atoms with Crippen molar-refractivity contribution in [2.45, 2.75) is 6.92 Å². The van der Waals surface area contributed by atoms with Gasteiger partial charge in [-0.15, -0.1) is 0 Å². The summed E-state index contributed by atoms with van der Waals surface area (Å²) in [5.41, 5.74) is 1.86. The maximum atomic E-state index is 12.2. The lowest BCUT2D eigenvalue weighted by Crippen LogP contribution is -2.27. The Morgan fingerprint density at radius 1 is 1.30 bits per heavy atom. The van der Waals surface area contributed by atoms with Gasteiger partial charge in [-0.1, -0.05) is 12.1 Å². The van der Waals surface area contributed by atoms with Crippen molar-refractivity contribution in [1.29, 1.82) is 0 Å². The minimum absolute atomic E-state index is 0.0508. The standard InChI is InChI=1S/C16H22N4O5S2/c1-5-26(21,22)18-14-8-6-7-13(9-14)15(11-25-4)16-10-20(12-17-16)27(23,24)19(2)3/h6-12,18H,5H2,1-4H3/b15-11-. The molecule has 2 aromatic rings. The summed E-state index contributed by atoms with van der Waals surface area (Å²) in [5, 5.41) is 0. The first-order valence-electron chi connectivity index (χ1n) is 7.92. The van der Waals surface area contributed by atoms with Gasteiger partial charge in [0.05, 0.1) is 24.8 Å². The van der Waals surface area contributed by atoms with Crippen LogP contribution in [0.4, 0.5) is 5.69 Å². The van der Waals surface area contributed by atoms with E-state index in [-0.39, 0.29) is 5.75 Å². The highest BCUT2D eigenvalue weighted by Gasteiger charge is 2.19. The first-order valence-corrected chi connectivity index (χ1v) is 11.0. The van der Waals surface area contributed by atoms with Crippen molar-refractivity contribution in [2.75, 3.05) is 31.7 Å². The largest absolute Gasteiger partial charge is 0.504 e. The number of benzene rings is 1. The van der Waals surface area contributed by atoms with Crippen LogP contribution >= 0.6 is 0 Å². The number of nitrogens with one attached hydrogen (secondary N) is 1. The Balaban J connectivity index is 2.46. The smallest absolute Gasteiger partial charge is 0.308 e. The van der Waals surface area contributed by atoms with E-state index in [0.717, 1.165) is 8.28 Å². The summed E-state index contributed by atoms with van der Waals surface area (Å²) in [6.45, 7) is 1.54. The summed E-state index contributed by atoms with van der Waals surface area (Å²) in [5.74, 6) is -0.0508.